The van der Waals surface area contributed by atoms with Gasteiger partial charge in [0.05, 0.1) is 24.0 Å². The lowest BCUT2D eigenvalue weighted by Gasteiger charge is -2.37. The number of hydrogen-bond acceptors (Lipinski definition) is 5. The number of nitrogen functional groups attached to an aromatic ring is 1. The molecule has 0 spiro atoms. The second-order valence-corrected chi connectivity index (χ2v) is 7.07. The summed E-state index contributed by atoms with van der Waals surface area (Å²) in [6.45, 7) is 2.46. The van der Waals surface area contributed by atoms with Crippen molar-refractivity contribution in [2.75, 3.05) is 43.9 Å². The summed E-state index contributed by atoms with van der Waals surface area (Å²) in [4.78, 5) is 28.9. The first-order valence-electron chi connectivity index (χ1n) is 9.58. The molecule has 0 bridgehead atoms. The van der Waals surface area contributed by atoms with Crippen molar-refractivity contribution in [1.29, 1.82) is 0 Å². The summed E-state index contributed by atoms with van der Waals surface area (Å²) in [7, 11) is 1.36. The van der Waals surface area contributed by atoms with E-state index in [1.165, 1.54) is 7.11 Å². The van der Waals surface area contributed by atoms with Gasteiger partial charge in [-0.3, -0.25) is 4.79 Å². The van der Waals surface area contributed by atoms with Gasteiger partial charge < -0.3 is 20.3 Å². The van der Waals surface area contributed by atoms with Gasteiger partial charge in [0.15, 0.2) is 0 Å². The monoisotopic (exact) mass is 389 g/mol. The highest BCUT2D eigenvalue weighted by molar-refractivity contribution is 6.07. The summed E-state index contributed by atoms with van der Waals surface area (Å²) in [5.74, 6) is -0.353. The number of ether oxygens (including phenoxy) is 1. The molecule has 0 radical (unpaired) electrons. The number of carbonyl (C=O) groups excluding carboxylic acids is 2. The van der Waals surface area contributed by atoms with Crippen LogP contribution in [0.5, 0.6) is 0 Å². The molecule has 2 N–H and O–H groups in total. The lowest BCUT2D eigenvalue weighted by molar-refractivity contribution is 0.0600. The molecule has 0 unspecified atom stereocenters. The number of carbonyl (C=O) groups is 2. The Labute approximate surface area is 169 Å². The Morgan fingerprint density at radius 3 is 2.41 bits per heavy atom. The average molecular weight is 389 g/mol. The molecular weight excluding hydrogens is 366 g/mol. The highest BCUT2D eigenvalue weighted by atomic mass is 16.5. The van der Waals surface area contributed by atoms with E-state index in [4.69, 9.17) is 10.5 Å². The molecule has 0 aromatic heterocycles. The number of piperazine rings is 1. The topological polar surface area (TPSA) is 75.9 Å². The Kier molecular flexibility index (Phi) is 5.08. The molecule has 0 saturated carbocycles. The number of nitrogens with two attached hydrogens (primary N) is 1. The van der Waals surface area contributed by atoms with Gasteiger partial charge in [0.2, 0.25) is 0 Å². The van der Waals surface area contributed by atoms with Crippen molar-refractivity contribution < 1.29 is 14.3 Å². The first kappa shape index (κ1) is 18.8. The highest BCUT2D eigenvalue weighted by Gasteiger charge is 2.24. The molecule has 6 heteroatoms. The molecule has 1 aliphatic heterocycles. The van der Waals surface area contributed by atoms with Crippen LogP contribution >= 0.6 is 0 Å². The van der Waals surface area contributed by atoms with Crippen LogP contribution in [-0.4, -0.2) is 50.1 Å². The van der Waals surface area contributed by atoms with E-state index in [2.05, 4.69) is 4.90 Å². The normalized spacial score (nSPS) is 14.1. The minimum atomic E-state index is -0.393. The summed E-state index contributed by atoms with van der Waals surface area (Å²) in [6, 6.07) is 18.9. The number of anilines is 2. The minimum absolute atomic E-state index is 0.0396. The molecule has 3 aromatic carbocycles. The van der Waals surface area contributed by atoms with E-state index in [-0.39, 0.29) is 5.91 Å². The van der Waals surface area contributed by atoms with E-state index >= 15 is 0 Å². The van der Waals surface area contributed by atoms with Crippen molar-refractivity contribution in [1.82, 2.24) is 4.90 Å². The van der Waals surface area contributed by atoms with Gasteiger partial charge in [0, 0.05) is 31.7 Å². The van der Waals surface area contributed by atoms with Crippen LogP contribution in [0.1, 0.15) is 20.7 Å². The molecular formula is C23H23N3O3. The fraction of sp³-hybridized carbons (Fsp3) is 0.217. The van der Waals surface area contributed by atoms with Crippen molar-refractivity contribution in [3.05, 3.63) is 71.8 Å². The van der Waals surface area contributed by atoms with E-state index in [1.807, 2.05) is 47.4 Å². The Balaban J connectivity index is 1.51. The number of benzene rings is 3. The van der Waals surface area contributed by atoms with Crippen LogP contribution in [-0.2, 0) is 4.74 Å². The summed E-state index contributed by atoms with van der Waals surface area (Å²) in [6.07, 6.45) is 0. The van der Waals surface area contributed by atoms with Gasteiger partial charge >= 0.3 is 5.97 Å². The fourth-order valence-electron chi connectivity index (χ4n) is 3.80. The van der Waals surface area contributed by atoms with E-state index < -0.39 is 5.97 Å². The van der Waals surface area contributed by atoms with E-state index in [0.717, 1.165) is 22.0 Å². The van der Waals surface area contributed by atoms with Crippen LogP contribution in [0.25, 0.3) is 10.8 Å². The standard InChI is InChI=1S/C23H23N3O3/c1-29-23(28)17-9-10-20(24)21(15-17)25-11-13-26(14-12-25)22(27)19-8-4-6-16-5-2-3-7-18(16)19/h2-10,15H,11-14,24H2,1H3. The third-order valence-corrected chi connectivity index (χ3v) is 5.38. The van der Waals surface area contributed by atoms with Crippen LogP contribution in [0.4, 0.5) is 11.4 Å². The number of methoxy groups -OCH3 is 1. The Morgan fingerprint density at radius 1 is 0.931 bits per heavy atom. The molecule has 1 amide bonds. The molecule has 148 valence electrons. The maximum Gasteiger partial charge on any atom is 0.337 e. The molecule has 0 aliphatic carbocycles. The third-order valence-electron chi connectivity index (χ3n) is 5.38. The zero-order valence-corrected chi connectivity index (χ0v) is 16.3. The predicted octanol–water partition coefficient (Wildman–Crippen LogP) is 3.17. The van der Waals surface area contributed by atoms with Crippen LogP contribution in [0, 0.1) is 0 Å². The number of nitrogens with zero attached hydrogens (tertiary/aromatic N) is 2. The van der Waals surface area contributed by atoms with Gasteiger partial charge in [-0.2, -0.15) is 0 Å². The van der Waals surface area contributed by atoms with Crippen molar-refractivity contribution in [3.8, 4) is 0 Å². The van der Waals surface area contributed by atoms with E-state index in [9.17, 15) is 9.59 Å². The summed E-state index contributed by atoms with van der Waals surface area (Å²) in [5, 5.41) is 2.03. The Morgan fingerprint density at radius 2 is 1.66 bits per heavy atom. The Bertz CT molecular complexity index is 1070. The van der Waals surface area contributed by atoms with Gasteiger partial charge in [-0.25, -0.2) is 4.79 Å². The van der Waals surface area contributed by atoms with Crippen molar-refractivity contribution in [3.63, 3.8) is 0 Å². The summed E-state index contributed by atoms with van der Waals surface area (Å²) < 4.78 is 4.80. The third kappa shape index (κ3) is 3.61. The number of amides is 1. The Hall–Kier alpha value is -3.54. The number of hydrogen-bond donors (Lipinski definition) is 1. The molecule has 1 aliphatic rings. The zero-order valence-electron chi connectivity index (χ0n) is 16.3. The number of esters is 1. The fourth-order valence-corrected chi connectivity index (χ4v) is 3.80. The number of fused-ring (bicyclic) bond motifs is 1. The average Bonchev–Trinajstić information content (AvgIpc) is 2.78. The molecule has 1 heterocycles. The van der Waals surface area contributed by atoms with Crippen LogP contribution < -0.4 is 10.6 Å². The van der Waals surface area contributed by atoms with Crippen molar-refractivity contribution >= 4 is 34.0 Å². The second-order valence-electron chi connectivity index (χ2n) is 7.07. The van der Waals surface area contributed by atoms with Gasteiger partial charge in [-0.05, 0) is 35.0 Å². The van der Waals surface area contributed by atoms with Crippen LogP contribution in [0.3, 0.4) is 0 Å². The molecule has 4 rings (SSSR count). The summed E-state index contributed by atoms with van der Waals surface area (Å²) in [5.41, 5.74) is 8.72. The molecule has 3 aromatic rings. The second kappa shape index (κ2) is 7.83. The minimum Gasteiger partial charge on any atom is -0.465 e. The molecule has 1 saturated heterocycles. The van der Waals surface area contributed by atoms with Crippen LogP contribution in [0.2, 0.25) is 0 Å². The van der Waals surface area contributed by atoms with Gasteiger partial charge in [-0.1, -0.05) is 36.4 Å². The van der Waals surface area contributed by atoms with Gasteiger partial charge in [0.25, 0.3) is 5.91 Å². The quantitative estimate of drug-likeness (QED) is 0.550. The van der Waals surface area contributed by atoms with Gasteiger partial charge in [-0.15, -0.1) is 0 Å². The smallest absolute Gasteiger partial charge is 0.337 e. The predicted molar refractivity (Wildman–Crippen MR) is 114 cm³/mol. The highest BCUT2D eigenvalue weighted by Crippen LogP contribution is 2.27. The first-order chi connectivity index (χ1) is 14.1. The molecule has 0 atom stereocenters. The lowest BCUT2D eigenvalue weighted by atomic mass is 10.0. The maximum atomic E-state index is 13.1. The SMILES string of the molecule is COC(=O)c1ccc(N)c(N2CCN(C(=O)c3cccc4ccccc34)CC2)c1. The van der Waals surface area contributed by atoms with E-state index in [1.54, 1.807) is 18.2 Å². The van der Waals surface area contributed by atoms with Crippen molar-refractivity contribution in [2.24, 2.45) is 0 Å². The van der Waals surface area contributed by atoms with E-state index in [0.29, 0.717) is 37.4 Å². The molecule has 1 fully saturated rings. The van der Waals surface area contributed by atoms with Crippen LogP contribution in [0.15, 0.2) is 60.7 Å². The van der Waals surface area contributed by atoms with Gasteiger partial charge in [0.1, 0.15) is 0 Å². The number of rotatable bonds is 3. The first-order valence-corrected chi connectivity index (χ1v) is 9.58. The molecule has 6 nitrogen and oxygen atoms in total. The van der Waals surface area contributed by atoms with Crippen molar-refractivity contribution in [2.45, 2.75) is 0 Å². The zero-order chi connectivity index (χ0) is 20.4. The maximum absolute atomic E-state index is 13.1. The summed E-state index contributed by atoms with van der Waals surface area (Å²) >= 11 is 0. The lowest BCUT2D eigenvalue weighted by Crippen LogP contribution is -2.49. The largest absolute Gasteiger partial charge is 0.465 e. The molecule has 29 heavy (non-hydrogen) atoms.